The molecule has 0 radical (unpaired) electrons. The van der Waals surface area contributed by atoms with Crippen LogP contribution < -0.4 is 0 Å². The zero-order valence-electron chi connectivity index (χ0n) is 6.62. The molecule has 0 saturated heterocycles. The highest BCUT2D eigenvalue weighted by molar-refractivity contribution is 5.22. The van der Waals surface area contributed by atoms with E-state index in [1.807, 2.05) is 13.2 Å². The molecule has 0 bridgehead atoms. The topological polar surface area (TPSA) is 38.0 Å². The van der Waals surface area contributed by atoms with Crippen molar-refractivity contribution in [2.75, 3.05) is 0 Å². The number of hydrogen-bond donors (Lipinski definition) is 1. The zero-order chi connectivity index (χ0) is 7.84. The molecule has 1 atom stereocenters. The summed E-state index contributed by atoms with van der Waals surface area (Å²) in [5.74, 6) is 0. The largest absolute Gasteiger partial charge is 0.388 e. The minimum absolute atomic E-state index is 0.271. The molecule has 2 rings (SSSR count). The van der Waals surface area contributed by atoms with Crippen LogP contribution in [0.2, 0.25) is 0 Å². The van der Waals surface area contributed by atoms with Gasteiger partial charge >= 0.3 is 0 Å². The standard InChI is InChI=1S/C8H12N2O/c1-10-5-6-7(9-10)3-2-4-8(6)11/h5,8,11H,2-4H2,1H3. The van der Waals surface area contributed by atoms with Gasteiger partial charge < -0.3 is 5.11 Å². The first-order chi connectivity index (χ1) is 5.27. The van der Waals surface area contributed by atoms with Crippen molar-refractivity contribution in [2.24, 2.45) is 7.05 Å². The van der Waals surface area contributed by atoms with Crippen LogP contribution >= 0.6 is 0 Å². The van der Waals surface area contributed by atoms with Crippen molar-refractivity contribution in [1.82, 2.24) is 9.78 Å². The fraction of sp³-hybridized carbons (Fsp3) is 0.625. The highest BCUT2D eigenvalue weighted by atomic mass is 16.3. The fourth-order valence-electron chi connectivity index (χ4n) is 1.64. The van der Waals surface area contributed by atoms with Gasteiger partial charge in [-0.2, -0.15) is 5.10 Å². The Morgan fingerprint density at radius 1 is 1.73 bits per heavy atom. The third kappa shape index (κ3) is 1.05. The number of nitrogens with zero attached hydrogens (tertiary/aromatic N) is 2. The first-order valence-corrected chi connectivity index (χ1v) is 3.98. The summed E-state index contributed by atoms with van der Waals surface area (Å²) < 4.78 is 1.78. The number of aryl methyl sites for hydroxylation is 2. The molecule has 1 unspecified atom stereocenters. The van der Waals surface area contributed by atoms with Gasteiger partial charge in [-0.05, 0) is 19.3 Å². The third-order valence-electron chi connectivity index (χ3n) is 2.19. The normalized spacial score (nSPS) is 23.3. The molecule has 0 spiro atoms. The number of fused-ring (bicyclic) bond motifs is 1. The average molecular weight is 152 g/mol. The van der Waals surface area contributed by atoms with Gasteiger partial charge in [0.1, 0.15) is 0 Å². The Bertz CT molecular complexity index is 267. The van der Waals surface area contributed by atoms with Gasteiger partial charge in [-0.25, -0.2) is 0 Å². The van der Waals surface area contributed by atoms with Crippen LogP contribution in [-0.4, -0.2) is 14.9 Å². The van der Waals surface area contributed by atoms with E-state index in [2.05, 4.69) is 5.10 Å². The highest BCUT2D eigenvalue weighted by Crippen LogP contribution is 2.27. The summed E-state index contributed by atoms with van der Waals surface area (Å²) >= 11 is 0. The van der Waals surface area contributed by atoms with Crippen molar-refractivity contribution < 1.29 is 5.11 Å². The van der Waals surface area contributed by atoms with Crippen LogP contribution in [0.15, 0.2) is 6.20 Å². The Morgan fingerprint density at radius 3 is 3.27 bits per heavy atom. The van der Waals surface area contributed by atoms with Gasteiger partial charge in [0.05, 0.1) is 11.8 Å². The summed E-state index contributed by atoms with van der Waals surface area (Å²) in [6, 6.07) is 0. The molecule has 1 aromatic heterocycles. The maximum atomic E-state index is 9.52. The molecule has 1 aliphatic carbocycles. The maximum absolute atomic E-state index is 9.52. The summed E-state index contributed by atoms with van der Waals surface area (Å²) in [5.41, 5.74) is 2.10. The Morgan fingerprint density at radius 2 is 2.55 bits per heavy atom. The molecule has 1 heterocycles. The van der Waals surface area contributed by atoms with E-state index in [0.29, 0.717) is 0 Å². The first kappa shape index (κ1) is 6.85. The number of aliphatic hydroxyl groups excluding tert-OH is 1. The van der Waals surface area contributed by atoms with Gasteiger partial charge in [0.25, 0.3) is 0 Å². The lowest BCUT2D eigenvalue weighted by Gasteiger charge is -2.14. The van der Waals surface area contributed by atoms with E-state index in [-0.39, 0.29) is 6.10 Å². The lowest BCUT2D eigenvalue weighted by atomic mass is 9.96. The van der Waals surface area contributed by atoms with E-state index in [1.54, 1.807) is 4.68 Å². The minimum Gasteiger partial charge on any atom is -0.388 e. The van der Waals surface area contributed by atoms with Crippen LogP contribution in [0.1, 0.15) is 30.2 Å². The van der Waals surface area contributed by atoms with Gasteiger partial charge in [0.15, 0.2) is 0 Å². The molecule has 0 saturated carbocycles. The third-order valence-corrected chi connectivity index (χ3v) is 2.19. The quantitative estimate of drug-likeness (QED) is 0.597. The molecule has 1 N–H and O–H groups in total. The molecule has 0 fully saturated rings. The number of hydrogen-bond acceptors (Lipinski definition) is 2. The molecular weight excluding hydrogens is 140 g/mol. The zero-order valence-corrected chi connectivity index (χ0v) is 6.62. The lowest BCUT2D eigenvalue weighted by molar-refractivity contribution is 0.156. The molecule has 60 valence electrons. The predicted molar refractivity (Wildman–Crippen MR) is 41.1 cm³/mol. The van der Waals surface area contributed by atoms with E-state index in [1.165, 1.54) is 0 Å². The van der Waals surface area contributed by atoms with Crippen LogP contribution in [0.25, 0.3) is 0 Å². The van der Waals surface area contributed by atoms with Gasteiger partial charge in [0, 0.05) is 18.8 Å². The molecule has 1 aliphatic rings. The molecule has 0 aromatic carbocycles. The SMILES string of the molecule is Cn1cc2c(n1)CCCC2O. The highest BCUT2D eigenvalue weighted by Gasteiger charge is 2.20. The minimum atomic E-state index is -0.271. The van der Waals surface area contributed by atoms with Crippen molar-refractivity contribution in [3.8, 4) is 0 Å². The summed E-state index contributed by atoms with van der Waals surface area (Å²) in [6.45, 7) is 0. The van der Waals surface area contributed by atoms with Crippen molar-refractivity contribution >= 4 is 0 Å². The van der Waals surface area contributed by atoms with Crippen molar-refractivity contribution in [2.45, 2.75) is 25.4 Å². The van der Waals surface area contributed by atoms with Gasteiger partial charge in [-0.1, -0.05) is 0 Å². The van der Waals surface area contributed by atoms with Crippen molar-refractivity contribution in [1.29, 1.82) is 0 Å². The van der Waals surface area contributed by atoms with E-state index >= 15 is 0 Å². The van der Waals surface area contributed by atoms with Crippen LogP contribution in [-0.2, 0) is 13.5 Å². The Kier molecular flexibility index (Phi) is 1.46. The maximum Gasteiger partial charge on any atom is 0.0823 e. The molecule has 11 heavy (non-hydrogen) atoms. The predicted octanol–water partition coefficient (Wildman–Crippen LogP) is 0.790. The average Bonchev–Trinajstić information content (AvgIpc) is 2.31. The van der Waals surface area contributed by atoms with Crippen molar-refractivity contribution in [3.05, 3.63) is 17.5 Å². The molecule has 3 nitrogen and oxygen atoms in total. The van der Waals surface area contributed by atoms with Crippen LogP contribution in [0.5, 0.6) is 0 Å². The second kappa shape index (κ2) is 2.34. The van der Waals surface area contributed by atoms with Gasteiger partial charge in [-0.15, -0.1) is 0 Å². The van der Waals surface area contributed by atoms with E-state index in [9.17, 15) is 5.11 Å². The number of aromatic nitrogens is 2. The Balaban J connectivity index is 2.43. The second-order valence-corrected chi connectivity index (χ2v) is 3.11. The first-order valence-electron chi connectivity index (χ1n) is 3.98. The molecule has 0 amide bonds. The number of rotatable bonds is 0. The molecular formula is C8H12N2O. The Labute approximate surface area is 65.7 Å². The summed E-state index contributed by atoms with van der Waals surface area (Å²) in [7, 11) is 1.89. The second-order valence-electron chi connectivity index (χ2n) is 3.11. The molecule has 1 aromatic rings. The van der Waals surface area contributed by atoms with E-state index in [0.717, 1.165) is 30.5 Å². The summed E-state index contributed by atoms with van der Waals surface area (Å²) in [4.78, 5) is 0. The number of aliphatic hydroxyl groups is 1. The lowest BCUT2D eigenvalue weighted by Crippen LogP contribution is -2.06. The van der Waals surface area contributed by atoms with Crippen LogP contribution in [0, 0.1) is 0 Å². The molecule has 3 heteroatoms. The summed E-state index contributed by atoms with van der Waals surface area (Å²) in [6.07, 6.45) is 4.61. The Hall–Kier alpha value is -0.830. The van der Waals surface area contributed by atoms with Gasteiger partial charge in [-0.3, -0.25) is 4.68 Å². The molecule has 0 aliphatic heterocycles. The monoisotopic (exact) mass is 152 g/mol. The summed E-state index contributed by atoms with van der Waals surface area (Å²) in [5, 5.41) is 13.8. The van der Waals surface area contributed by atoms with Gasteiger partial charge in [0.2, 0.25) is 0 Å². The fourth-order valence-corrected chi connectivity index (χ4v) is 1.64. The van der Waals surface area contributed by atoms with E-state index in [4.69, 9.17) is 0 Å². The van der Waals surface area contributed by atoms with Crippen molar-refractivity contribution in [3.63, 3.8) is 0 Å². The smallest absolute Gasteiger partial charge is 0.0823 e. The van der Waals surface area contributed by atoms with E-state index < -0.39 is 0 Å². The van der Waals surface area contributed by atoms with Crippen LogP contribution in [0.3, 0.4) is 0 Å². The van der Waals surface area contributed by atoms with Crippen LogP contribution in [0.4, 0.5) is 0 Å².